The lowest BCUT2D eigenvalue weighted by Crippen LogP contribution is -2.06. The normalized spacial score (nSPS) is 11.2. The van der Waals surface area contributed by atoms with Gasteiger partial charge in [-0.1, -0.05) is 73.3 Å². The van der Waals surface area contributed by atoms with Crippen molar-refractivity contribution < 1.29 is 9.90 Å². The van der Waals surface area contributed by atoms with Crippen molar-refractivity contribution in [1.29, 1.82) is 0 Å². The number of aryl methyl sites for hydroxylation is 1. The third-order valence-corrected chi connectivity index (χ3v) is 6.54. The Labute approximate surface area is 200 Å². The summed E-state index contributed by atoms with van der Waals surface area (Å²) < 4.78 is 2.02. The van der Waals surface area contributed by atoms with Crippen LogP contribution in [0.3, 0.4) is 0 Å². The molecular weight excluding hydrogens is 448 g/mol. The molecule has 5 aromatic rings. The van der Waals surface area contributed by atoms with Crippen LogP contribution in [-0.2, 0) is 6.54 Å². The van der Waals surface area contributed by atoms with Crippen molar-refractivity contribution in [3.8, 4) is 22.5 Å². The number of H-pyrrole nitrogens is 1. The number of carbonyl (C=O) groups is 1. The maximum atomic E-state index is 12.0. The molecule has 0 radical (unpaired) electrons. The van der Waals surface area contributed by atoms with Crippen LogP contribution in [0.15, 0.2) is 65.8 Å². The predicted octanol–water partition coefficient (Wildman–Crippen LogP) is 5.05. The van der Waals surface area contributed by atoms with Crippen molar-refractivity contribution >= 4 is 28.8 Å². The molecule has 9 heteroatoms. The minimum Gasteiger partial charge on any atom is -0.478 e. The molecule has 0 saturated heterocycles. The van der Waals surface area contributed by atoms with Crippen LogP contribution < -0.4 is 0 Å². The zero-order valence-electron chi connectivity index (χ0n) is 18.7. The molecule has 0 aliphatic rings. The summed E-state index contributed by atoms with van der Waals surface area (Å²) in [6.07, 6.45) is 0. The lowest BCUT2D eigenvalue weighted by atomic mass is 9.98. The van der Waals surface area contributed by atoms with Crippen LogP contribution in [0.2, 0.25) is 0 Å². The summed E-state index contributed by atoms with van der Waals surface area (Å²) in [5.41, 5.74) is 6.62. The highest BCUT2D eigenvalue weighted by Gasteiger charge is 2.20. The smallest absolute Gasteiger partial charge is 0.337 e. The number of fused-ring (bicyclic) bond motifs is 1. The van der Waals surface area contributed by atoms with Gasteiger partial charge < -0.3 is 9.67 Å². The first-order chi connectivity index (χ1) is 16.6. The van der Waals surface area contributed by atoms with Crippen molar-refractivity contribution in [2.24, 2.45) is 0 Å². The van der Waals surface area contributed by atoms with Crippen molar-refractivity contribution in [3.05, 3.63) is 77.4 Å². The van der Waals surface area contributed by atoms with Crippen molar-refractivity contribution in [1.82, 2.24) is 30.2 Å². The van der Waals surface area contributed by atoms with Crippen molar-refractivity contribution in [2.45, 2.75) is 25.5 Å². The fourth-order valence-electron chi connectivity index (χ4n) is 4.08. The SMILES string of the molecule is CCSc1nc2c(C)ccc(C(=O)O)c2n1Cc1ccc(-c2ccccc2-c2nn[nH]n2)cc1. The van der Waals surface area contributed by atoms with Gasteiger partial charge in [-0.3, -0.25) is 0 Å². The molecule has 170 valence electrons. The largest absolute Gasteiger partial charge is 0.478 e. The van der Waals surface area contributed by atoms with E-state index in [1.807, 2.05) is 41.8 Å². The van der Waals surface area contributed by atoms with E-state index in [-0.39, 0.29) is 5.56 Å². The third-order valence-electron chi connectivity index (χ3n) is 5.68. The number of aromatic amines is 1. The molecule has 0 bridgehead atoms. The fourth-order valence-corrected chi connectivity index (χ4v) is 4.81. The summed E-state index contributed by atoms with van der Waals surface area (Å²) in [6, 6.07) is 19.6. The van der Waals surface area contributed by atoms with Gasteiger partial charge in [-0.2, -0.15) is 5.21 Å². The summed E-state index contributed by atoms with van der Waals surface area (Å²) in [6.45, 7) is 4.55. The second-order valence-electron chi connectivity index (χ2n) is 7.82. The summed E-state index contributed by atoms with van der Waals surface area (Å²) in [4.78, 5) is 16.8. The monoisotopic (exact) mass is 470 g/mol. The topological polar surface area (TPSA) is 110 Å². The summed E-state index contributed by atoms with van der Waals surface area (Å²) in [5.74, 6) is 0.436. The molecule has 2 N–H and O–H groups in total. The molecular formula is C25H22N6O2S. The van der Waals surface area contributed by atoms with Gasteiger partial charge in [0.1, 0.15) is 0 Å². The standard InChI is InChI=1S/C25H22N6O2S/c1-3-34-25-26-21-15(2)8-13-20(24(32)33)22(21)31(25)14-16-9-11-17(12-10-16)18-6-4-5-7-19(18)23-27-29-30-28-23/h4-13H,3,14H2,1-2H3,(H,32,33)(H,27,28,29,30). The van der Waals surface area contributed by atoms with Gasteiger partial charge in [0, 0.05) is 5.56 Å². The molecule has 2 aromatic heterocycles. The highest BCUT2D eigenvalue weighted by molar-refractivity contribution is 7.99. The van der Waals surface area contributed by atoms with Crippen LogP contribution in [-0.4, -0.2) is 47.0 Å². The molecule has 0 spiro atoms. The van der Waals surface area contributed by atoms with Crippen LogP contribution >= 0.6 is 11.8 Å². The molecule has 0 unspecified atom stereocenters. The molecule has 0 fully saturated rings. The number of hydrogen-bond acceptors (Lipinski definition) is 6. The molecule has 0 amide bonds. The Kier molecular flexibility index (Phi) is 5.85. The van der Waals surface area contributed by atoms with Crippen molar-refractivity contribution in [2.75, 3.05) is 5.75 Å². The van der Waals surface area contributed by atoms with E-state index in [2.05, 4.69) is 51.8 Å². The zero-order chi connectivity index (χ0) is 23.7. The Hall–Kier alpha value is -3.98. The Balaban J connectivity index is 1.55. The molecule has 0 aliphatic carbocycles. The number of hydrogen-bond donors (Lipinski definition) is 2. The first kappa shape index (κ1) is 21.8. The van der Waals surface area contributed by atoms with E-state index < -0.39 is 5.97 Å². The molecule has 0 saturated carbocycles. The van der Waals surface area contributed by atoms with Gasteiger partial charge in [-0.25, -0.2) is 9.78 Å². The van der Waals surface area contributed by atoms with Gasteiger partial charge in [-0.15, -0.1) is 10.2 Å². The first-order valence-corrected chi connectivity index (χ1v) is 11.8. The van der Waals surface area contributed by atoms with E-state index >= 15 is 0 Å². The van der Waals surface area contributed by atoms with Crippen LogP contribution in [0.4, 0.5) is 0 Å². The molecule has 34 heavy (non-hydrogen) atoms. The van der Waals surface area contributed by atoms with Gasteiger partial charge >= 0.3 is 5.97 Å². The quantitative estimate of drug-likeness (QED) is 0.320. The zero-order valence-corrected chi connectivity index (χ0v) is 19.5. The van der Waals surface area contributed by atoms with E-state index in [0.29, 0.717) is 17.9 Å². The van der Waals surface area contributed by atoms with E-state index in [1.165, 1.54) is 0 Å². The van der Waals surface area contributed by atoms with E-state index in [0.717, 1.165) is 44.2 Å². The Morgan fingerprint density at radius 1 is 1.06 bits per heavy atom. The number of benzene rings is 3. The second-order valence-corrected chi connectivity index (χ2v) is 9.06. The lowest BCUT2D eigenvalue weighted by Gasteiger charge is -2.12. The summed E-state index contributed by atoms with van der Waals surface area (Å²) in [7, 11) is 0. The predicted molar refractivity (Wildman–Crippen MR) is 132 cm³/mol. The average molecular weight is 471 g/mol. The first-order valence-electron chi connectivity index (χ1n) is 10.8. The molecule has 8 nitrogen and oxygen atoms in total. The van der Waals surface area contributed by atoms with Gasteiger partial charge in [0.25, 0.3) is 0 Å². The molecule has 0 atom stereocenters. The Morgan fingerprint density at radius 3 is 2.50 bits per heavy atom. The number of nitrogens with zero attached hydrogens (tertiary/aromatic N) is 5. The Bertz CT molecular complexity index is 1480. The number of rotatable bonds is 7. The number of carboxylic acids is 1. The van der Waals surface area contributed by atoms with Crippen LogP contribution in [0.1, 0.15) is 28.4 Å². The maximum Gasteiger partial charge on any atom is 0.337 e. The van der Waals surface area contributed by atoms with Gasteiger partial charge in [0.15, 0.2) is 5.16 Å². The van der Waals surface area contributed by atoms with Crippen molar-refractivity contribution in [3.63, 3.8) is 0 Å². The average Bonchev–Trinajstić information content (AvgIpc) is 3.50. The summed E-state index contributed by atoms with van der Waals surface area (Å²) in [5, 5.41) is 25.0. The number of imidazole rings is 1. The third kappa shape index (κ3) is 3.94. The van der Waals surface area contributed by atoms with Crippen LogP contribution in [0.5, 0.6) is 0 Å². The lowest BCUT2D eigenvalue weighted by molar-refractivity contribution is 0.0698. The highest BCUT2D eigenvalue weighted by atomic mass is 32.2. The fraction of sp³-hybridized carbons (Fsp3) is 0.160. The maximum absolute atomic E-state index is 12.0. The number of aromatic nitrogens is 6. The number of tetrazole rings is 1. The van der Waals surface area contributed by atoms with E-state index in [1.54, 1.807) is 17.8 Å². The molecule has 3 aromatic carbocycles. The second kappa shape index (κ2) is 9.11. The minimum atomic E-state index is -0.951. The number of aromatic carboxylic acids is 1. The van der Waals surface area contributed by atoms with E-state index in [4.69, 9.17) is 4.98 Å². The van der Waals surface area contributed by atoms with E-state index in [9.17, 15) is 9.90 Å². The minimum absolute atomic E-state index is 0.265. The van der Waals surface area contributed by atoms with Gasteiger partial charge in [0.2, 0.25) is 5.82 Å². The highest BCUT2D eigenvalue weighted by Crippen LogP contribution is 2.32. The number of thioether (sulfide) groups is 1. The molecule has 2 heterocycles. The molecule has 0 aliphatic heterocycles. The van der Waals surface area contributed by atoms with Gasteiger partial charge in [-0.05, 0) is 46.2 Å². The van der Waals surface area contributed by atoms with Gasteiger partial charge in [0.05, 0.1) is 23.1 Å². The van der Waals surface area contributed by atoms with Crippen LogP contribution in [0, 0.1) is 6.92 Å². The molecule has 5 rings (SSSR count). The number of nitrogens with one attached hydrogen (secondary N) is 1. The summed E-state index contributed by atoms with van der Waals surface area (Å²) >= 11 is 1.61. The Morgan fingerprint density at radius 2 is 1.82 bits per heavy atom. The number of carboxylic acid groups (broad SMARTS) is 1. The van der Waals surface area contributed by atoms with Crippen LogP contribution in [0.25, 0.3) is 33.5 Å².